The van der Waals surface area contributed by atoms with E-state index in [0.29, 0.717) is 6.04 Å². The molecule has 0 aliphatic carbocycles. The lowest BCUT2D eigenvalue weighted by Gasteiger charge is -2.24. The van der Waals surface area contributed by atoms with Gasteiger partial charge < -0.3 is 14.8 Å². The fourth-order valence-corrected chi connectivity index (χ4v) is 1.88. The zero-order chi connectivity index (χ0) is 12.1. The molecule has 1 aromatic heterocycles. The summed E-state index contributed by atoms with van der Waals surface area (Å²) in [6, 6.07) is 4.29. The van der Waals surface area contributed by atoms with Crippen LogP contribution in [-0.4, -0.2) is 30.3 Å². The smallest absolute Gasteiger partial charge is 0.168 e. The second-order valence-corrected chi connectivity index (χ2v) is 4.55. The minimum absolute atomic E-state index is 0.162. The first kappa shape index (κ1) is 12.2. The predicted molar refractivity (Wildman–Crippen MR) is 67.5 cm³/mol. The Labute approximate surface area is 102 Å². The highest BCUT2D eigenvalue weighted by Crippen LogP contribution is 2.24. The average molecular weight is 236 g/mol. The maximum absolute atomic E-state index is 5.73. The average Bonchev–Trinajstić information content (AvgIpc) is 2.32. The maximum atomic E-state index is 5.73. The minimum Gasteiger partial charge on any atom is -0.487 e. The van der Waals surface area contributed by atoms with Crippen LogP contribution in [0.2, 0.25) is 0 Å². The van der Waals surface area contributed by atoms with Crippen LogP contribution in [0.4, 0.5) is 5.82 Å². The Morgan fingerprint density at radius 3 is 2.88 bits per heavy atom. The molecule has 1 aromatic rings. The Kier molecular flexibility index (Phi) is 4.20. The van der Waals surface area contributed by atoms with Gasteiger partial charge in [0.1, 0.15) is 0 Å². The standard InChI is InChI=1S/C13H20N2O2/c1-10(2)17-12-4-3-7-14-13(12)15-11-5-8-16-9-6-11/h3-4,7,10-11H,5-6,8-9H2,1-2H3,(H,14,15). The van der Waals surface area contributed by atoms with Crippen molar-refractivity contribution in [2.24, 2.45) is 0 Å². The monoisotopic (exact) mass is 236 g/mol. The first-order valence-corrected chi connectivity index (χ1v) is 6.21. The van der Waals surface area contributed by atoms with E-state index in [2.05, 4.69) is 10.3 Å². The molecule has 0 atom stereocenters. The molecule has 0 radical (unpaired) electrons. The molecule has 0 amide bonds. The lowest BCUT2D eigenvalue weighted by Crippen LogP contribution is -2.28. The Balaban J connectivity index is 2.03. The summed E-state index contributed by atoms with van der Waals surface area (Å²) in [6.45, 7) is 5.69. The highest BCUT2D eigenvalue weighted by Gasteiger charge is 2.16. The van der Waals surface area contributed by atoms with E-state index in [4.69, 9.17) is 9.47 Å². The van der Waals surface area contributed by atoms with Crippen LogP contribution in [0.15, 0.2) is 18.3 Å². The van der Waals surface area contributed by atoms with Gasteiger partial charge in [0.05, 0.1) is 6.10 Å². The summed E-state index contributed by atoms with van der Waals surface area (Å²) in [5, 5.41) is 3.44. The first-order valence-electron chi connectivity index (χ1n) is 6.21. The van der Waals surface area contributed by atoms with E-state index in [1.165, 1.54) is 0 Å². The summed E-state index contributed by atoms with van der Waals surface area (Å²) >= 11 is 0. The predicted octanol–water partition coefficient (Wildman–Crippen LogP) is 2.46. The number of nitrogens with zero attached hydrogens (tertiary/aromatic N) is 1. The number of anilines is 1. The lowest BCUT2D eigenvalue weighted by atomic mass is 10.1. The van der Waals surface area contributed by atoms with Crippen LogP contribution in [0.1, 0.15) is 26.7 Å². The molecule has 0 unspecified atom stereocenters. The van der Waals surface area contributed by atoms with Crippen LogP contribution in [-0.2, 0) is 4.74 Å². The van der Waals surface area contributed by atoms with Crippen molar-refractivity contribution in [3.63, 3.8) is 0 Å². The molecule has 0 bridgehead atoms. The molecule has 4 nitrogen and oxygen atoms in total. The second kappa shape index (κ2) is 5.87. The zero-order valence-electron chi connectivity index (χ0n) is 10.5. The molecule has 94 valence electrons. The van der Waals surface area contributed by atoms with Crippen molar-refractivity contribution in [3.05, 3.63) is 18.3 Å². The largest absolute Gasteiger partial charge is 0.487 e. The van der Waals surface area contributed by atoms with Crippen LogP contribution in [0.5, 0.6) is 5.75 Å². The van der Waals surface area contributed by atoms with Gasteiger partial charge in [-0.3, -0.25) is 0 Å². The molecule has 0 spiro atoms. The van der Waals surface area contributed by atoms with Gasteiger partial charge in [-0.2, -0.15) is 0 Å². The van der Waals surface area contributed by atoms with E-state index in [0.717, 1.165) is 37.6 Å². The molecule has 17 heavy (non-hydrogen) atoms. The molecule has 1 saturated heterocycles. The minimum atomic E-state index is 0.162. The van der Waals surface area contributed by atoms with Crippen molar-refractivity contribution in [1.82, 2.24) is 4.98 Å². The second-order valence-electron chi connectivity index (χ2n) is 4.55. The molecule has 0 saturated carbocycles. The van der Waals surface area contributed by atoms with E-state index in [1.54, 1.807) is 6.20 Å². The summed E-state index contributed by atoms with van der Waals surface area (Å²) in [7, 11) is 0. The van der Waals surface area contributed by atoms with Gasteiger partial charge >= 0.3 is 0 Å². The van der Waals surface area contributed by atoms with Crippen LogP contribution in [0.25, 0.3) is 0 Å². The summed E-state index contributed by atoms with van der Waals surface area (Å²) in [6.07, 6.45) is 4.00. The van der Waals surface area contributed by atoms with Crippen LogP contribution < -0.4 is 10.1 Å². The molecule has 1 fully saturated rings. The van der Waals surface area contributed by atoms with Crippen molar-refractivity contribution in [1.29, 1.82) is 0 Å². The summed E-state index contributed by atoms with van der Waals surface area (Å²) in [4.78, 5) is 4.35. The van der Waals surface area contributed by atoms with Crippen LogP contribution >= 0.6 is 0 Å². The normalized spacial score (nSPS) is 17.1. The van der Waals surface area contributed by atoms with Gasteiger partial charge in [-0.1, -0.05) is 0 Å². The number of ether oxygens (including phenoxy) is 2. The maximum Gasteiger partial charge on any atom is 0.168 e. The molecule has 2 heterocycles. The number of hydrogen-bond donors (Lipinski definition) is 1. The van der Waals surface area contributed by atoms with Gasteiger partial charge in [0.15, 0.2) is 11.6 Å². The van der Waals surface area contributed by atoms with Gasteiger partial charge in [-0.25, -0.2) is 4.98 Å². The highest BCUT2D eigenvalue weighted by molar-refractivity contribution is 5.50. The number of aromatic nitrogens is 1. The molecule has 1 N–H and O–H groups in total. The third-order valence-corrected chi connectivity index (χ3v) is 2.70. The molecule has 1 aliphatic heterocycles. The van der Waals surface area contributed by atoms with Gasteiger partial charge in [0.2, 0.25) is 0 Å². The summed E-state index contributed by atoms with van der Waals surface area (Å²) in [5.41, 5.74) is 0. The van der Waals surface area contributed by atoms with E-state index >= 15 is 0 Å². The third kappa shape index (κ3) is 3.60. The van der Waals surface area contributed by atoms with Crippen molar-refractivity contribution >= 4 is 5.82 Å². The topological polar surface area (TPSA) is 43.4 Å². The molecular weight excluding hydrogens is 216 g/mol. The van der Waals surface area contributed by atoms with Gasteiger partial charge in [-0.05, 0) is 38.8 Å². The fourth-order valence-electron chi connectivity index (χ4n) is 1.88. The van der Waals surface area contributed by atoms with Crippen molar-refractivity contribution in [2.75, 3.05) is 18.5 Å². The number of hydrogen-bond acceptors (Lipinski definition) is 4. The quantitative estimate of drug-likeness (QED) is 0.872. The number of pyridine rings is 1. The number of nitrogens with one attached hydrogen (secondary N) is 1. The van der Waals surface area contributed by atoms with Crippen molar-refractivity contribution in [3.8, 4) is 5.75 Å². The van der Waals surface area contributed by atoms with E-state index < -0.39 is 0 Å². The zero-order valence-corrected chi connectivity index (χ0v) is 10.5. The van der Waals surface area contributed by atoms with E-state index in [-0.39, 0.29) is 6.10 Å². The molecular formula is C13H20N2O2. The lowest BCUT2D eigenvalue weighted by molar-refractivity contribution is 0.0902. The fraction of sp³-hybridized carbons (Fsp3) is 0.615. The van der Waals surface area contributed by atoms with E-state index in [1.807, 2.05) is 26.0 Å². The first-order chi connectivity index (χ1) is 8.25. The van der Waals surface area contributed by atoms with Crippen molar-refractivity contribution in [2.45, 2.75) is 38.8 Å². The Morgan fingerprint density at radius 2 is 2.18 bits per heavy atom. The molecule has 2 rings (SSSR count). The van der Waals surface area contributed by atoms with Gasteiger partial charge in [0.25, 0.3) is 0 Å². The van der Waals surface area contributed by atoms with Gasteiger partial charge in [0, 0.05) is 25.5 Å². The Morgan fingerprint density at radius 1 is 1.41 bits per heavy atom. The Hall–Kier alpha value is -1.29. The summed E-state index contributed by atoms with van der Waals surface area (Å²) < 4.78 is 11.1. The molecule has 0 aromatic carbocycles. The van der Waals surface area contributed by atoms with Crippen molar-refractivity contribution < 1.29 is 9.47 Å². The highest BCUT2D eigenvalue weighted by atomic mass is 16.5. The van der Waals surface area contributed by atoms with Crippen LogP contribution in [0, 0.1) is 0 Å². The number of rotatable bonds is 4. The Bertz CT molecular complexity index is 349. The van der Waals surface area contributed by atoms with Crippen LogP contribution in [0.3, 0.4) is 0 Å². The van der Waals surface area contributed by atoms with E-state index in [9.17, 15) is 0 Å². The third-order valence-electron chi connectivity index (χ3n) is 2.70. The summed E-state index contributed by atoms with van der Waals surface area (Å²) in [5.74, 6) is 1.67. The molecule has 1 aliphatic rings. The van der Waals surface area contributed by atoms with Gasteiger partial charge in [-0.15, -0.1) is 0 Å². The molecule has 4 heteroatoms. The SMILES string of the molecule is CC(C)Oc1cccnc1NC1CCOCC1.